The van der Waals surface area contributed by atoms with E-state index in [2.05, 4.69) is 100 Å². The van der Waals surface area contributed by atoms with Gasteiger partial charge in [-0.2, -0.15) is 0 Å². The molecular weight excluding hydrogens is 327 g/mol. The molecule has 128 valence electrons. The summed E-state index contributed by atoms with van der Waals surface area (Å²) in [4.78, 5) is 9.00. The summed E-state index contributed by atoms with van der Waals surface area (Å²) >= 11 is 0. The topological polar surface area (TPSA) is 37.3 Å². The van der Waals surface area contributed by atoms with Crippen LogP contribution in [0, 0.1) is 0 Å². The Morgan fingerprint density at radius 1 is 0.800 bits per heavy atom. The quantitative estimate of drug-likeness (QED) is 0.662. The summed E-state index contributed by atoms with van der Waals surface area (Å²) in [5.74, 6) is -0.833. The second kappa shape index (κ2) is 9.15. The molecule has 0 saturated heterocycles. The van der Waals surface area contributed by atoms with Crippen LogP contribution in [0.1, 0.15) is 23.6 Å². The van der Waals surface area contributed by atoms with E-state index in [9.17, 15) is 0 Å². The molecule has 3 aromatic rings. The number of carboxylic acids is 1. The molecule has 0 spiro atoms. The first-order chi connectivity index (χ1) is 12.0. The van der Waals surface area contributed by atoms with Crippen LogP contribution in [0.5, 0.6) is 0 Å². The number of hydrogen-bond acceptors (Lipinski definition) is 1. The van der Waals surface area contributed by atoms with Crippen LogP contribution in [0.3, 0.4) is 0 Å². The lowest BCUT2D eigenvalue weighted by atomic mass is 9.85. The van der Waals surface area contributed by atoms with Crippen LogP contribution < -0.4 is 0 Å². The van der Waals surface area contributed by atoms with E-state index >= 15 is 0 Å². The van der Waals surface area contributed by atoms with Gasteiger partial charge in [-0.1, -0.05) is 91.0 Å². The van der Waals surface area contributed by atoms with E-state index in [4.69, 9.17) is 9.90 Å². The fraction of sp³-hybridized carbons (Fsp3) is 0.136. The largest absolute Gasteiger partial charge is 0.481 e. The first-order valence-electron chi connectivity index (χ1n) is 8.16. The lowest BCUT2D eigenvalue weighted by Crippen LogP contribution is -2.22. The van der Waals surface area contributed by atoms with Crippen molar-refractivity contribution in [1.29, 1.82) is 0 Å². The third-order valence-electron chi connectivity index (χ3n) is 3.90. The number of aliphatic carboxylic acids is 1. The molecule has 2 nitrogen and oxygen atoms in total. The molecule has 0 bridgehead atoms. The molecule has 0 fully saturated rings. The highest BCUT2D eigenvalue weighted by Gasteiger charge is 2.29. The number of benzene rings is 3. The molecule has 3 heteroatoms. The second-order valence-electron chi connectivity index (χ2n) is 5.88. The zero-order valence-electron chi connectivity index (χ0n) is 14.3. The highest BCUT2D eigenvalue weighted by Crippen LogP contribution is 2.41. The lowest BCUT2D eigenvalue weighted by Gasteiger charge is -2.31. The zero-order valence-corrected chi connectivity index (χ0v) is 15.5. The zero-order chi connectivity index (χ0) is 18.1. The Morgan fingerprint density at radius 3 is 1.48 bits per heavy atom. The minimum absolute atomic E-state index is 0.0934. The highest BCUT2D eigenvalue weighted by atomic mass is 31.0. The summed E-state index contributed by atoms with van der Waals surface area (Å²) in [6.07, 6.45) is 0.965. The molecule has 3 aromatic carbocycles. The van der Waals surface area contributed by atoms with Gasteiger partial charge in [0.1, 0.15) is 0 Å². The predicted molar refractivity (Wildman–Crippen MR) is 107 cm³/mol. The molecule has 1 N–H and O–H groups in total. The molecule has 0 radical (unpaired) electrons. The summed E-state index contributed by atoms with van der Waals surface area (Å²) in [6.45, 7) is 1.08. The van der Waals surface area contributed by atoms with Gasteiger partial charge in [0.25, 0.3) is 5.97 Å². The SMILES string of the molecule is CC(=O)O.PC(Cc1ccccc1)(c1ccccc1)c1ccccc1. The molecule has 0 heterocycles. The summed E-state index contributed by atoms with van der Waals surface area (Å²) in [6, 6.07) is 32.1. The average Bonchev–Trinajstić information content (AvgIpc) is 2.63. The molecular formula is C22H23O2P. The molecule has 0 aliphatic carbocycles. The molecule has 1 atom stereocenters. The minimum Gasteiger partial charge on any atom is -0.481 e. The molecule has 0 amide bonds. The molecule has 0 aromatic heterocycles. The van der Waals surface area contributed by atoms with Crippen LogP contribution in [-0.2, 0) is 16.4 Å². The Morgan fingerprint density at radius 2 is 1.12 bits per heavy atom. The van der Waals surface area contributed by atoms with Gasteiger partial charge in [0.2, 0.25) is 0 Å². The molecule has 0 saturated carbocycles. The van der Waals surface area contributed by atoms with Crippen LogP contribution in [0.25, 0.3) is 0 Å². The second-order valence-corrected chi connectivity index (χ2v) is 6.87. The van der Waals surface area contributed by atoms with Crippen molar-refractivity contribution in [2.45, 2.75) is 18.5 Å². The maximum absolute atomic E-state index is 9.00. The Bertz CT molecular complexity index is 727. The van der Waals surface area contributed by atoms with E-state index in [-0.39, 0.29) is 5.16 Å². The summed E-state index contributed by atoms with van der Waals surface area (Å²) < 4.78 is 0. The van der Waals surface area contributed by atoms with Gasteiger partial charge in [-0.3, -0.25) is 4.79 Å². The van der Waals surface area contributed by atoms with E-state index in [1.807, 2.05) is 0 Å². The third kappa shape index (κ3) is 5.55. The first-order valence-corrected chi connectivity index (χ1v) is 8.73. The molecule has 1 unspecified atom stereocenters. The van der Waals surface area contributed by atoms with Crippen LogP contribution >= 0.6 is 9.24 Å². The van der Waals surface area contributed by atoms with Crippen molar-refractivity contribution < 1.29 is 9.90 Å². The van der Waals surface area contributed by atoms with Crippen LogP contribution in [0.15, 0.2) is 91.0 Å². The number of carbonyl (C=O) groups is 1. The van der Waals surface area contributed by atoms with E-state index in [0.717, 1.165) is 13.3 Å². The molecule has 0 aliphatic rings. The standard InChI is InChI=1S/C20H19P.C2H4O2/c21-20(18-12-6-2-7-13-18,19-14-8-3-9-15-19)16-17-10-4-1-5-11-17;1-2(3)4/h1-15H,16,21H2;1H3,(H,3,4). The van der Waals surface area contributed by atoms with Crippen molar-refractivity contribution in [3.05, 3.63) is 108 Å². The van der Waals surface area contributed by atoms with E-state index < -0.39 is 5.97 Å². The van der Waals surface area contributed by atoms with Gasteiger partial charge >= 0.3 is 0 Å². The van der Waals surface area contributed by atoms with E-state index in [0.29, 0.717) is 0 Å². The third-order valence-corrected chi connectivity index (χ3v) is 4.77. The fourth-order valence-corrected chi connectivity index (χ4v) is 3.38. The highest BCUT2D eigenvalue weighted by molar-refractivity contribution is 7.19. The molecule has 3 rings (SSSR count). The van der Waals surface area contributed by atoms with Gasteiger partial charge in [0.05, 0.1) is 0 Å². The Balaban J connectivity index is 0.000000511. The predicted octanol–water partition coefficient (Wildman–Crippen LogP) is 5.14. The summed E-state index contributed by atoms with van der Waals surface area (Å²) in [5, 5.41) is 7.32. The Labute approximate surface area is 151 Å². The van der Waals surface area contributed by atoms with E-state index in [1.54, 1.807) is 0 Å². The van der Waals surface area contributed by atoms with Gasteiger partial charge in [-0.25, -0.2) is 0 Å². The van der Waals surface area contributed by atoms with Crippen LogP contribution in [0.2, 0.25) is 0 Å². The van der Waals surface area contributed by atoms with Gasteiger partial charge in [-0.05, 0) is 23.1 Å². The normalized spacial score (nSPS) is 10.5. The van der Waals surface area contributed by atoms with Crippen molar-refractivity contribution in [2.24, 2.45) is 0 Å². The van der Waals surface area contributed by atoms with Gasteiger partial charge in [-0.15, -0.1) is 9.24 Å². The summed E-state index contributed by atoms with van der Waals surface area (Å²) in [5.41, 5.74) is 4.00. The first kappa shape index (κ1) is 18.9. The van der Waals surface area contributed by atoms with Crippen molar-refractivity contribution >= 4 is 15.2 Å². The van der Waals surface area contributed by atoms with Crippen molar-refractivity contribution in [1.82, 2.24) is 0 Å². The van der Waals surface area contributed by atoms with Gasteiger partial charge < -0.3 is 5.11 Å². The fourth-order valence-electron chi connectivity index (χ4n) is 2.76. The average molecular weight is 350 g/mol. The van der Waals surface area contributed by atoms with Crippen LogP contribution in [-0.4, -0.2) is 11.1 Å². The van der Waals surface area contributed by atoms with Crippen molar-refractivity contribution in [3.8, 4) is 0 Å². The van der Waals surface area contributed by atoms with Crippen molar-refractivity contribution in [2.75, 3.05) is 0 Å². The van der Waals surface area contributed by atoms with Gasteiger partial charge in [0.15, 0.2) is 0 Å². The maximum Gasteiger partial charge on any atom is 0.300 e. The maximum atomic E-state index is 9.00. The number of carboxylic acid groups (broad SMARTS) is 1. The smallest absolute Gasteiger partial charge is 0.300 e. The Kier molecular flexibility index (Phi) is 6.91. The lowest BCUT2D eigenvalue weighted by molar-refractivity contribution is -0.134. The Hall–Kier alpha value is -2.44. The van der Waals surface area contributed by atoms with E-state index in [1.165, 1.54) is 16.7 Å². The van der Waals surface area contributed by atoms with Crippen molar-refractivity contribution in [3.63, 3.8) is 0 Å². The number of rotatable bonds is 4. The molecule has 25 heavy (non-hydrogen) atoms. The van der Waals surface area contributed by atoms with Gasteiger partial charge in [0, 0.05) is 12.1 Å². The summed E-state index contributed by atoms with van der Waals surface area (Å²) in [7, 11) is 3.09. The monoisotopic (exact) mass is 350 g/mol. The number of hydrogen-bond donors (Lipinski definition) is 1. The molecule has 0 aliphatic heterocycles. The minimum atomic E-state index is -0.833. The van der Waals surface area contributed by atoms with Crippen LogP contribution in [0.4, 0.5) is 0 Å².